The smallest absolute Gasteiger partial charge is 0.303 e. The van der Waals surface area contributed by atoms with Crippen molar-refractivity contribution in [1.82, 2.24) is 9.88 Å². The number of sulfone groups is 1. The van der Waals surface area contributed by atoms with Crippen LogP contribution < -0.4 is 0 Å². The highest BCUT2D eigenvalue weighted by Gasteiger charge is 2.30. The first kappa shape index (κ1) is 18.4. The van der Waals surface area contributed by atoms with Gasteiger partial charge in [0, 0.05) is 19.5 Å². The number of likely N-dealkylation sites (tertiary alicyclic amines) is 1. The minimum Gasteiger partial charge on any atom is -0.481 e. The molecule has 2 heterocycles. The summed E-state index contributed by atoms with van der Waals surface area (Å²) in [4.78, 5) is 28.9. The summed E-state index contributed by atoms with van der Waals surface area (Å²) < 4.78 is 29.7. The number of rotatable bonds is 6. The lowest BCUT2D eigenvalue weighted by atomic mass is 10.1. The van der Waals surface area contributed by atoms with Crippen LogP contribution in [-0.2, 0) is 19.4 Å². The maximum atomic E-state index is 12.0. The summed E-state index contributed by atoms with van der Waals surface area (Å²) in [6.45, 7) is 2.53. The molecule has 2 aromatic rings. The molecule has 26 heavy (non-hydrogen) atoms. The third-order valence-electron chi connectivity index (χ3n) is 4.56. The van der Waals surface area contributed by atoms with Gasteiger partial charge in [-0.2, -0.15) is 0 Å². The Kier molecular flexibility index (Phi) is 4.99. The summed E-state index contributed by atoms with van der Waals surface area (Å²) in [5, 5.41) is 8.67. The second-order valence-corrected chi connectivity index (χ2v) is 8.58. The van der Waals surface area contributed by atoms with Crippen LogP contribution in [0.1, 0.15) is 38.0 Å². The van der Waals surface area contributed by atoms with Gasteiger partial charge in [-0.3, -0.25) is 9.59 Å². The Morgan fingerprint density at radius 3 is 2.81 bits per heavy atom. The summed E-state index contributed by atoms with van der Waals surface area (Å²) in [6, 6.07) is 4.61. The molecule has 1 fully saturated rings. The third kappa shape index (κ3) is 3.72. The number of benzene rings is 1. The molecule has 3 rings (SSSR count). The molecule has 0 saturated carbocycles. The summed E-state index contributed by atoms with van der Waals surface area (Å²) >= 11 is 0. The van der Waals surface area contributed by atoms with E-state index in [4.69, 9.17) is 9.52 Å². The topological polar surface area (TPSA) is 118 Å². The number of carbonyl (C=O) groups excluding carboxylic acids is 1. The Hall–Kier alpha value is -2.42. The second kappa shape index (κ2) is 7.06. The van der Waals surface area contributed by atoms with E-state index < -0.39 is 15.8 Å². The summed E-state index contributed by atoms with van der Waals surface area (Å²) in [6.07, 6.45) is 0.469. The van der Waals surface area contributed by atoms with Crippen LogP contribution in [0.2, 0.25) is 0 Å². The highest BCUT2D eigenvalue weighted by atomic mass is 32.2. The third-order valence-corrected chi connectivity index (χ3v) is 6.29. The van der Waals surface area contributed by atoms with Gasteiger partial charge in [0.15, 0.2) is 21.3 Å². The lowest BCUT2D eigenvalue weighted by molar-refractivity contribution is -0.140. The summed E-state index contributed by atoms with van der Waals surface area (Å²) in [7, 11) is -3.32. The molecule has 1 N–H and O–H groups in total. The first-order valence-corrected chi connectivity index (χ1v) is 10.1. The fourth-order valence-electron chi connectivity index (χ4n) is 3.02. The van der Waals surface area contributed by atoms with E-state index in [1.54, 1.807) is 17.9 Å². The van der Waals surface area contributed by atoms with Gasteiger partial charge in [-0.15, -0.1) is 0 Å². The zero-order valence-corrected chi connectivity index (χ0v) is 15.2. The van der Waals surface area contributed by atoms with Crippen LogP contribution in [0.25, 0.3) is 11.1 Å². The van der Waals surface area contributed by atoms with Crippen LogP contribution in [0.15, 0.2) is 27.5 Å². The van der Waals surface area contributed by atoms with Gasteiger partial charge in [0.05, 0.1) is 23.0 Å². The van der Waals surface area contributed by atoms with Crippen molar-refractivity contribution in [1.29, 1.82) is 0 Å². The quantitative estimate of drug-likeness (QED) is 0.812. The molecule has 1 aliphatic rings. The van der Waals surface area contributed by atoms with E-state index in [9.17, 15) is 18.0 Å². The molecule has 8 nitrogen and oxygen atoms in total. The van der Waals surface area contributed by atoms with Crippen molar-refractivity contribution in [3.63, 3.8) is 0 Å². The number of fused-ring (bicyclic) bond motifs is 1. The van der Waals surface area contributed by atoms with Crippen LogP contribution >= 0.6 is 0 Å². The molecular formula is C17H20N2O6S. The van der Waals surface area contributed by atoms with Gasteiger partial charge in [-0.25, -0.2) is 13.4 Å². The lowest BCUT2D eigenvalue weighted by Gasteiger charge is -2.15. The van der Waals surface area contributed by atoms with Gasteiger partial charge >= 0.3 is 5.97 Å². The number of nitrogens with zero attached hydrogens (tertiary/aromatic N) is 2. The van der Waals surface area contributed by atoms with Gasteiger partial charge < -0.3 is 14.4 Å². The van der Waals surface area contributed by atoms with Crippen molar-refractivity contribution < 1.29 is 27.5 Å². The number of carboxylic acids is 1. The standard InChI is InChI=1S/C17H20N2O6S/c1-2-26(23,24)12-3-4-14-13(9-12)18-17(25-14)11-7-8-19(10-11)15(20)5-6-16(21)22/h3-4,9,11H,2,5-8,10H2,1H3,(H,21,22)/t11-/m0/s1. The van der Waals surface area contributed by atoms with Crippen LogP contribution in [0.4, 0.5) is 0 Å². The molecule has 0 bridgehead atoms. The maximum absolute atomic E-state index is 12.0. The van der Waals surface area contributed by atoms with Crippen molar-refractivity contribution in [2.75, 3.05) is 18.8 Å². The molecule has 1 aromatic heterocycles. The Morgan fingerprint density at radius 2 is 2.12 bits per heavy atom. The van der Waals surface area contributed by atoms with E-state index >= 15 is 0 Å². The van der Waals surface area contributed by atoms with Gasteiger partial charge in [0.2, 0.25) is 5.91 Å². The number of oxazole rings is 1. The molecular weight excluding hydrogens is 360 g/mol. The molecule has 1 aromatic carbocycles. The van der Waals surface area contributed by atoms with Crippen molar-refractivity contribution in [3.8, 4) is 0 Å². The number of aromatic nitrogens is 1. The molecule has 140 valence electrons. The zero-order valence-electron chi connectivity index (χ0n) is 14.3. The van der Waals surface area contributed by atoms with Crippen LogP contribution in [0.5, 0.6) is 0 Å². The minimum atomic E-state index is -3.32. The SMILES string of the molecule is CCS(=O)(=O)c1ccc2oc([C@H]3CCN(C(=O)CCC(=O)O)C3)nc2c1. The lowest BCUT2D eigenvalue weighted by Crippen LogP contribution is -2.28. The van der Waals surface area contributed by atoms with Gasteiger partial charge in [0.1, 0.15) is 5.52 Å². The number of carboxylic acid groups (broad SMARTS) is 1. The average molecular weight is 380 g/mol. The minimum absolute atomic E-state index is 0.0131. The fraction of sp³-hybridized carbons (Fsp3) is 0.471. The predicted octanol–water partition coefficient (Wildman–Crippen LogP) is 1.80. The largest absolute Gasteiger partial charge is 0.481 e. The molecule has 0 radical (unpaired) electrons. The molecule has 1 amide bonds. The summed E-state index contributed by atoms with van der Waals surface area (Å²) in [5.74, 6) is -0.783. The fourth-order valence-corrected chi connectivity index (χ4v) is 3.92. The number of hydrogen-bond acceptors (Lipinski definition) is 6. The maximum Gasteiger partial charge on any atom is 0.303 e. The second-order valence-electron chi connectivity index (χ2n) is 6.30. The molecule has 0 aliphatic carbocycles. The molecule has 1 aliphatic heterocycles. The number of amides is 1. The van der Waals surface area contributed by atoms with Gasteiger partial charge in [0.25, 0.3) is 0 Å². The van der Waals surface area contributed by atoms with Crippen molar-refractivity contribution in [3.05, 3.63) is 24.1 Å². The number of hydrogen-bond donors (Lipinski definition) is 1. The highest BCUT2D eigenvalue weighted by Crippen LogP contribution is 2.30. The van der Waals surface area contributed by atoms with E-state index in [0.717, 1.165) is 0 Å². The Morgan fingerprint density at radius 1 is 1.35 bits per heavy atom. The Balaban J connectivity index is 1.75. The van der Waals surface area contributed by atoms with Crippen LogP contribution in [0.3, 0.4) is 0 Å². The van der Waals surface area contributed by atoms with E-state index in [1.165, 1.54) is 12.1 Å². The van der Waals surface area contributed by atoms with Gasteiger partial charge in [-0.05, 0) is 24.6 Å². The monoisotopic (exact) mass is 380 g/mol. The number of aliphatic carboxylic acids is 1. The van der Waals surface area contributed by atoms with E-state index in [0.29, 0.717) is 36.5 Å². The van der Waals surface area contributed by atoms with Crippen molar-refractivity contribution in [2.24, 2.45) is 0 Å². The molecule has 0 unspecified atom stereocenters. The highest BCUT2D eigenvalue weighted by molar-refractivity contribution is 7.91. The molecule has 1 atom stereocenters. The molecule has 1 saturated heterocycles. The zero-order chi connectivity index (χ0) is 18.9. The first-order chi connectivity index (χ1) is 12.3. The average Bonchev–Trinajstić information content (AvgIpc) is 3.25. The van der Waals surface area contributed by atoms with E-state index in [-0.39, 0.29) is 35.3 Å². The van der Waals surface area contributed by atoms with Crippen molar-refractivity contribution >= 4 is 32.8 Å². The van der Waals surface area contributed by atoms with Crippen molar-refractivity contribution in [2.45, 2.75) is 37.0 Å². The number of carbonyl (C=O) groups is 2. The van der Waals surface area contributed by atoms with Gasteiger partial charge in [-0.1, -0.05) is 6.92 Å². The predicted molar refractivity (Wildman–Crippen MR) is 92.5 cm³/mol. The first-order valence-electron chi connectivity index (χ1n) is 8.43. The normalized spacial score (nSPS) is 17.7. The molecule has 0 spiro atoms. The summed E-state index contributed by atoms with van der Waals surface area (Å²) in [5.41, 5.74) is 0.982. The van der Waals surface area contributed by atoms with Crippen LogP contribution in [0, 0.1) is 0 Å². The Labute approximate surface area is 150 Å². The Bertz CT molecular complexity index is 949. The molecule has 9 heteroatoms. The van der Waals surface area contributed by atoms with E-state index in [2.05, 4.69) is 4.98 Å². The van der Waals surface area contributed by atoms with Crippen LogP contribution in [-0.4, -0.2) is 54.1 Å². The van der Waals surface area contributed by atoms with E-state index in [1.807, 2.05) is 0 Å².